The number of carbonyl (C=O) groups excluding carboxylic acids is 1. The summed E-state index contributed by atoms with van der Waals surface area (Å²) in [6.45, 7) is 0.202. The molecule has 2 N–H and O–H groups in total. The van der Waals surface area contributed by atoms with Crippen LogP contribution in [0.1, 0.15) is 17.1 Å². The Labute approximate surface area is 134 Å². The van der Waals surface area contributed by atoms with Crippen molar-refractivity contribution in [3.63, 3.8) is 0 Å². The number of halogens is 3. The van der Waals surface area contributed by atoms with Gasteiger partial charge in [-0.25, -0.2) is 4.98 Å². The molecule has 0 spiro atoms. The minimum absolute atomic E-state index is 0.202. The first-order chi connectivity index (χ1) is 10.7. The maximum atomic E-state index is 13.3. The smallest absolute Gasteiger partial charge is 0.374 e. The summed E-state index contributed by atoms with van der Waals surface area (Å²) in [5, 5.41) is 14.4. The van der Waals surface area contributed by atoms with E-state index in [1.54, 1.807) is 0 Å². The average Bonchev–Trinajstić information content (AvgIpc) is 3.08. The number of rotatable bonds is 6. The Morgan fingerprint density at radius 1 is 1.48 bits per heavy atom. The minimum atomic E-state index is -5.02. The van der Waals surface area contributed by atoms with E-state index in [2.05, 4.69) is 10.3 Å². The number of aliphatic hydroxyl groups is 1. The Morgan fingerprint density at radius 3 is 2.74 bits per heavy atom. The Morgan fingerprint density at radius 2 is 2.22 bits per heavy atom. The summed E-state index contributed by atoms with van der Waals surface area (Å²) in [7, 11) is 1.33. The van der Waals surface area contributed by atoms with Gasteiger partial charge in [0, 0.05) is 30.9 Å². The normalized spacial score (nSPS) is 14.5. The van der Waals surface area contributed by atoms with Crippen molar-refractivity contribution in [3.05, 3.63) is 40.6 Å². The molecule has 9 heteroatoms. The molecule has 23 heavy (non-hydrogen) atoms. The zero-order chi connectivity index (χ0) is 17.1. The van der Waals surface area contributed by atoms with Crippen molar-refractivity contribution in [3.8, 4) is 0 Å². The summed E-state index contributed by atoms with van der Waals surface area (Å²) in [5.74, 6) is -1.50. The van der Waals surface area contributed by atoms with Gasteiger partial charge in [0.1, 0.15) is 0 Å². The highest BCUT2D eigenvalue weighted by molar-refractivity contribution is 7.09. The van der Waals surface area contributed by atoms with E-state index >= 15 is 0 Å². The molecule has 1 unspecified atom stereocenters. The summed E-state index contributed by atoms with van der Waals surface area (Å²) >= 11 is 1.50. The fraction of sp³-hybridized carbons (Fsp3) is 0.429. The molecular formula is C14H16F3N3O2S. The van der Waals surface area contributed by atoms with Gasteiger partial charge in [-0.3, -0.25) is 4.79 Å². The van der Waals surface area contributed by atoms with Gasteiger partial charge in [0.15, 0.2) is 5.82 Å². The number of carbonyl (C=O) groups is 1. The van der Waals surface area contributed by atoms with Crippen LogP contribution in [0.2, 0.25) is 0 Å². The Balaban J connectivity index is 2.03. The topological polar surface area (TPSA) is 67.1 Å². The number of nitrogens with zero attached hydrogens (tertiary/aromatic N) is 2. The largest absolute Gasteiger partial charge is 0.425 e. The molecule has 0 saturated carbocycles. The standard InChI is InChI=1S/C14H16F3N3O2S/c1-20-7-6-19-12(20)13(22,14(15,16)17)9-11(21)18-5-4-10-3-2-8-23-10/h2-3,6-8,22H,4-5,9H2,1H3,(H,18,21). The number of nitrogens with one attached hydrogen (secondary N) is 1. The number of aryl methyl sites for hydroxylation is 1. The molecule has 2 heterocycles. The molecule has 1 atom stereocenters. The first kappa shape index (κ1) is 17.5. The summed E-state index contributed by atoms with van der Waals surface area (Å²) < 4.78 is 40.9. The third-order valence-electron chi connectivity index (χ3n) is 3.35. The van der Waals surface area contributed by atoms with E-state index in [4.69, 9.17) is 0 Å². The SMILES string of the molecule is Cn1ccnc1C(O)(CC(=O)NCCc1cccs1)C(F)(F)F. The quantitative estimate of drug-likeness (QED) is 0.840. The number of alkyl halides is 3. The Hall–Kier alpha value is -1.87. The zero-order valence-corrected chi connectivity index (χ0v) is 13.1. The van der Waals surface area contributed by atoms with Crippen molar-refractivity contribution < 1.29 is 23.1 Å². The van der Waals surface area contributed by atoms with Crippen LogP contribution in [0, 0.1) is 0 Å². The van der Waals surface area contributed by atoms with Crippen LogP contribution in [0.25, 0.3) is 0 Å². The molecule has 5 nitrogen and oxygen atoms in total. The third kappa shape index (κ3) is 3.91. The number of imidazole rings is 1. The number of aromatic nitrogens is 2. The maximum absolute atomic E-state index is 13.3. The summed E-state index contributed by atoms with van der Waals surface area (Å²) in [6.07, 6.45) is -3.21. The molecule has 1 amide bonds. The molecule has 0 aliphatic rings. The minimum Gasteiger partial charge on any atom is -0.374 e. The predicted octanol–water partition coefficient (Wildman–Crippen LogP) is 1.98. The molecule has 0 bridgehead atoms. The van der Waals surface area contributed by atoms with Crippen molar-refractivity contribution in [2.24, 2.45) is 7.05 Å². The highest BCUT2D eigenvalue weighted by Crippen LogP contribution is 2.40. The van der Waals surface area contributed by atoms with Gasteiger partial charge in [-0.2, -0.15) is 13.2 Å². The first-order valence-electron chi connectivity index (χ1n) is 6.80. The third-order valence-corrected chi connectivity index (χ3v) is 4.29. The van der Waals surface area contributed by atoms with Gasteiger partial charge in [-0.15, -0.1) is 11.3 Å². The lowest BCUT2D eigenvalue weighted by Gasteiger charge is -2.29. The molecule has 0 aliphatic heterocycles. The molecule has 126 valence electrons. The van der Waals surface area contributed by atoms with Crippen LogP contribution in [0.3, 0.4) is 0 Å². The monoisotopic (exact) mass is 347 g/mol. The molecule has 2 rings (SSSR count). The fourth-order valence-electron chi connectivity index (χ4n) is 2.14. The van der Waals surface area contributed by atoms with E-state index in [0.29, 0.717) is 6.42 Å². The molecule has 2 aromatic rings. The average molecular weight is 347 g/mol. The molecular weight excluding hydrogens is 331 g/mol. The van der Waals surface area contributed by atoms with Gasteiger partial charge in [0.05, 0.1) is 6.42 Å². The Kier molecular flexibility index (Phi) is 5.10. The van der Waals surface area contributed by atoms with Crippen LogP contribution >= 0.6 is 11.3 Å². The summed E-state index contributed by atoms with van der Waals surface area (Å²) in [5.41, 5.74) is -3.32. The second-order valence-electron chi connectivity index (χ2n) is 5.08. The van der Waals surface area contributed by atoms with Crippen LogP contribution in [-0.4, -0.2) is 33.3 Å². The molecule has 0 saturated heterocycles. The van der Waals surface area contributed by atoms with E-state index < -0.39 is 29.9 Å². The number of thiophene rings is 1. The second kappa shape index (κ2) is 6.71. The molecule has 0 radical (unpaired) electrons. The van der Waals surface area contributed by atoms with Crippen molar-refractivity contribution >= 4 is 17.2 Å². The lowest BCUT2D eigenvalue weighted by atomic mass is 9.97. The molecule has 0 aliphatic carbocycles. The van der Waals surface area contributed by atoms with Crippen LogP contribution in [0.15, 0.2) is 29.9 Å². The number of hydrogen-bond donors (Lipinski definition) is 2. The fourth-order valence-corrected chi connectivity index (χ4v) is 2.85. The van der Waals surface area contributed by atoms with Crippen LogP contribution < -0.4 is 5.32 Å². The van der Waals surface area contributed by atoms with Gasteiger partial charge in [-0.05, 0) is 17.9 Å². The van der Waals surface area contributed by atoms with Crippen molar-refractivity contribution in [2.45, 2.75) is 24.6 Å². The summed E-state index contributed by atoms with van der Waals surface area (Å²) in [6, 6.07) is 3.72. The Bertz CT molecular complexity index is 655. The van der Waals surface area contributed by atoms with Gasteiger partial charge in [0.2, 0.25) is 11.5 Å². The molecule has 0 fully saturated rings. The van der Waals surface area contributed by atoms with E-state index in [-0.39, 0.29) is 6.54 Å². The van der Waals surface area contributed by atoms with E-state index in [1.165, 1.54) is 24.6 Å². The molecule has 2 aromatic heterocycles. The van der Waals surface area contributed by atoms with Crippen LogP contribution in [-0.2, 0) is 23.9 Å². The van der Waals surface area contributed by atoms with Gasteiger partial charge in [-0.1, -0.05) is 6.07 Å². The van der Waals surface area contributed by atoms with Gasteiger partial charge < -0.3 is 15.0 Å². The lowest BCUT2D eigenvalue weighted by molar-refractivity contribution is -0.271. The van der Waals surface area contributed by atoms with Gasteiger partial charge in [0.25, 0.3) is 0 Å². The first-order valence-corrected chi connectivity index (χ1v) is 7.68. The molecule has 0 aromatic carbocycles. The van der Waals surface area contributed by atoms with Crippen molar-refractivity contribution in [1.29, 1.82) is 0 Å². The van der Waals surface area contributed by atoms with E-state index in [0.717, 1.165) is 15.6 Å². The maximum Gasteiger partial charge on any atom is 0.425 e. The van der Waals surface area contributed by atoms with Gasteiger partial charge >= 0.3 is 6.18 Å². The zero-order valence-electron chi connectivity index (χ0n) is 12.3. The lowest BCUT2D eigenvalue weighted by Crippen LogP contribution is -2.48. The summed E-state index contributed by atoms with van der Waals surface area (Å²) in [4.78, 5) is 16.4. The van der Waals surface area contributed by atoms with Crippen LogP contribution in [0.4, 0.5) is 13.2 Å². The highest BCUT2D eigenvalue weighted by Gasteiger charge is 2.58. The van der Waals surface area contributed by atoms with Crippen LogP contribution in [0.5, 0.6) is 0 Å². The van der Waals surface area contributed by atoms with E-state index in [1.807, 2.05) is 17.5 Å². The number of hydrogen-bond acceptors (Lipinski definition) is 4. The predicted molar refractivity (Wildman–Crippen MR) is 78.8 cm³/mol. The van der Waals surface area contributed by atoms with Crippen molar-refractivity contribution in [2.75, 3.05) is 6.54 Å². The van der Waals surface area contributed by atoms with Crippen molar-refractivity contribution in [1.82, 2.24) is 14.9 Å². The number of amides is 1. The highest BCUT2D eigenvalue weighted by atomic mass is 32.1. The van der Waals surface area contributed by atoms with E-state index in [9.17, 15) is 23.1 Å². The second-order valence-corrected chi connectivity index (χ2v) is 6.11.